The van der Waals surface area contributed by atoms with Gasteiger partial charge in [0, 0.05) is 6.54 Å². The molecule has 0 heterocycles. The molecule has 6 nitrogen and oxygen atoms in total. The fraction of sp³-hybridized carbons (Fsp3) is 0.200. The largest absolute Gasteiger partial charge is 0.480 e. The zero-order valence-corrected chi connectivity index (χ0v) is 17.3. The molecule has 0 saturated carbocycles. The summed E-state index contributed by atoms with van der Waals surface area (Å²) in [6.45, 7) is 0.378. The van der Waals surface area contributed by atoms with Gasteiger partial charge in [0.25, 0.3) is 0 Å². The Morgan fingerprint density at radius 2 is 1.26 bits per heavy atom. The molecule has 3 aromatic rings. The van der Waals surface area contributed by atoms with Crippen molar-refractivity contribution in [2.24, 2.45) is 16.5 Å². The van der Waals surface area contributed by atoms with Crippen molar-refractivity contribution in [1.82, 2.24) is 5.32 Å². The first-order valence-corrected chi connectivity index (χ1v) is 10.3. The summed E-state index contributed by atoms with van der Waals surface area (Å²) in [6.07, 6.45) is 0.913. The number of benzene rings is 3. The fourth-order valence-electron chi connectivity index (χ4n) is 3.84. The molecule has 6 heteroatoms. The molecule has 31 heavy (non-hydrogen) atoms. The van der Waals surface area contributed by atoms with Crippen LogP contribution in [0.4, 0.5) is 0 Å². The number of rotatable bonds is 10. The van der Waals surface area contributed by atoms with E-state index in [9.17, 15) is 9.90 Å². The van der Waals surface area contributed by atoms with Gasteiger partial charge in [-0.25, -0.2) is 0 Å². The third kappa shape index (κ3) is 5.29. The molecule has 0 spiro atoms. The molecule has 0 fully saturated rings. The van der Waals surface area contributed by atoms with Crippen LogP contribution in [-0.2, 0) is 10.3 Å². The number of hydrogen-bond acceptors (Lipinski definition) is 3. The quantitative estimate of drug-likeness (QED) is 0.176. The molecule has 0 aliphatic rings. The highest BCUT2D eigenvalue weighted by molar-refractivity contribution is 5.75. The lowest BCUT2D eigenvalue weighted by Gasteiger charge is -2.39. The number of aliphatic carboxylic acids is 1. The van der Waals surface area contributed by atoms with Gasteiger partial charge >= 0.3 is 5.97 Å². The first-order chi connectivity index (χ1) is 15.0. The van der Waals surface area contributed by atoms with E-state index in [2.05, 4.69) is 10.3 Å². The van der Waals surface area contributed by atoms with Gasteiger partial charge in [-0.15, -0.1) is 0 Å². The van der Waals surface area contributed by atoms with E-state index in [0.29, 0.717) is 19.4 Å². The number of carbonyl (C=O) groups is 1. The smallest absolute Gasteiger partial charge is 0.320 e. The zero-order valence-electron chi connectivity index (χ0n) is 17.3. The van der Waals surface area contributed by atoms with E-state index in [4.69, 9.17) is 11.5 Å². The Labute approximate surface area is 182 Å². The van der Waals surface area contributed by atoms with Crippen molar-refractivity contribution in [3.05, 3.63) is 108 Å². The predicted molar refractivity (Wildman–Crippen MR) is 124 cm³/mol. The summed E-state index contributed by atoms with van der Waals surface area (Å²) >= 11 is 0. The van der Waals surface area contributed by atoms with Crippen LogP contribution in [-0.4, -0.2) is 29.6 Å². The van der Waals surface area contributed by atoms with Crippen LogP contribution in [0, 0.1) is 0 Å². The molecule has 0 aromatic heterocycles. The molecule has 3 aromatic carbocycles. The van der Waals surface area contributed by atoms with Crippen LogP contribution in [0.3, 0.4) is 0 Å². The molecule has 0 bridgehead atoms. The van der Waals surface area contributed by atoms with Crippen molar-refractivity contribution in [2.75, 3.05) is 6.54 Å². The van der Waals surface area contributed by atoms with Crippen molar-refractivity contribution in [3.8, 4) is 0 Å². The number of nitrogens with zero attached hydrogens (tertiary/aromatic N) is 1. The lowest BCUT2D eigenvalue weighted by molar-refractivity contribution is -0.140. The minimum absolute atomic E-state index is 0.00652. The van der Waals surface area contributed by atoms with Gasteiger partial charge in [0.1, 0.15) is 6.04 Å². The van der Waals surface area contributed by atoms with Gasteiger partial charge in [0.15, 0.2) is 5.96 Å². The summed E-state index contributed by atoms with van der Waals surface area (Å²) < 4.78 is 0. The van der Waals surface area contributed by atoms with E-state index in [1.54, 1.807) is 0 Å². The first-order valence-electron chi connectivity index (χ1n) is 10.3. The van der Waals surface area contributed by atoms with Gasteiger partial charge in [-0.2, -0.15) is 0 Å². The standard InChI is InChI=1S/C25H28N4O2/c26-24(27)28-18-10-17-22(23(30)31)29-25(19-11-4-1-5-12-19,20-13-6-2-7-14-20)21-15-8-3-9-16-21/h1-9,11-16,22,29H,10,17-18H2,(H,30,31)(H4,26,27,28). The number of nitrogens with one attached hydrogen (secondary N) is 1. The molecule has 0 aliphatic heterocycles. The van der Waals surface area contributed by atoms with Crippen molar-refractivity contribution < 1.29 is 9.90 Å². The maximum Gasteiger partial charge on any atom is 0.320 e. The second-order valence-corrected chi connectivity index (χ2v) is 7.33. The third-order valence-electron chi connectivity index (χ3n) is 5.25. The van der Waals surface area contributed by atoms with Crippen LogP contribution < -0.4 is 16.8 Å². The van der Waals surface area contributed by atoms with E-state index >= 15 is 0 Å². The Hall–Kier alpha value is -3.64. The third-order valence-corrected chi connectivity index (χ3v) is 5.25. The molecule has 1 unspecified atom stereocenters. The summed E-state index contributed by atoms with van der Waals surface area (Å²) in [5.41, 5.74) is 12.8. The van der Waals surface area contributed by atoms with Crippen LogP contribution >= 0.6 is 0 Å². The monoisotopic (exact) mass is 416 g/mol. The van der Waals surface area contributed by atoms with Crippen LogP contribution in [0.2, 0.25) is 0 Å². The van der Waals surface area contributed by atoms with Crippen LogP contribution in [0.25, 0.3) is 0 Å². The Morgan fingerprint density at radius 1 is 0.839 bits per heavy atom. The zero-order chi connectivity index (χ0) is 22.1. The van der Waals surface area contributed by atoms with Gasteiger partial charge in [-0.3, -0.25) is 15.1 Å². The topological polar surface area (TPSA) is 114 Å². The molecule has 0 aliphatic carbocycles. The lowest BCUT2D eigenvalue weighted by atomic mass is 9.76. The van der Waals surface area contributed by atoms with Crippen molar-refractivity contribution in [1.29, 1.82) is 0 Å². The molecule has 160 valence electrons. The van der Waals surface area contributed by atoms with E-state index in [-0.39, 0.29) is 5.96 Å². The maximum atomic E-state index is 12.3. The summed E-state index contributed by atoms with van der Waals surface area (Å²) in [5.74, 6) is -0.913. The SMILES string of the molecule is NC(N)=NCCCC(NC(c1ccccc1)(c1ccccc1)c1ccccc1)C(=O)O. The normalized spacial score (nSPS) is 12.1. The van der Waals surface area contributed by atoms with Crippen LogP contribution in [0.1, 0.15) is 29.5 Å². The fourth-order valence-corrected chi connectivity index (χ4v) is 3.84. The van der Waals surface area contributed by atoms with E-state index < -0.39 is 17.6 Å². The number of nitrogens with two attached hydrogens (primary N) is 2. The Balaban J connectivity index is 2.10. The van der Waals surface area contributed by atoms with Gasteiger partial charge in [-0.05, 0) is 29.5 Å². The Kier molecular flexibility index (Phi) is 7.40. The second-order valence-electron chi connectivity index (χ2n) is 7.33. The molecule has 0 radical (unpaired) electrons. The number of carboxylic acid groups (broad SMARTS) is 1. The summed E-state index contributed by atoms with van der Waals surface area (Å²) in [5, 5.41) is 13.5. The molecular weight excluding hydrogens is 388 g/mol. The van der Waals surface area contributed by atoms with Gasteiger partial charge < -0.3 is 16.6 Å². The van der Waals surface area contributed by atoms with E-state index in [1.165, 1.54) is 0 Å². The van der Waals surface area contributed by atoms with Crippen LogP contribution in [0.5, 0.6) is 0 Å². The first kappa shape index (κ1) is 22.1. The number of aliphatic imine (C=N–C) groups is 1. The molecule has 0 amide bonds. The van der Waals surface area contributed by atoms with Crippen molar-refractivity contribution in [2.45, 2.75) is 24.4 Å². The average molecular weight is 417 g/mol. The minimum atomic E-state index is -0.920. The Bertz CT molecular complexity index is 891. The summed E-state index contributed by atoms with van der Waals surface area (Å²) in [7, 11) is 0. The molecule has 1 atom stereocenters. The highest BCUT2D eigenvalue weighted by Crippen LogP contribution is 2.37. The molecule has 0 saturated heterocycles. The second kappa shape index (κ2) is 10.4. The number of guanidine groups is 1. The van der Waals surface area contributed by atoms with Crippen LogP contribution in [0.15, 0.2) is 96.0 Å². The molecule has 3 rings (SSSR count). The highest BCUT2D eigenvalue weighted by Gasteiger charge is 2.39. The van der Waals surface area contributed by atoms with Crippen molar-refractivity contribution in [3.63, 3.8) is 0 Å². The molecular formula is C25H28N4O2. The number of hydrogen-bond donors (Lipinski definition) is 4. The van der Waals surface area contributed by atoms with E-state index in [0.717, 1.165) is 16.7 Å². The van der Waals surface area contributed by atoms with Gasteiger partial charge in [0.2, 0.25) is 0 Å². The lowest BCUT2D eigenvalue weighted by Crippen LogP contribution is -2.52. The molecule has 6 N–H and O–H groups in total. The minimum Gasteiger partial charge on any atom is -0.480 e. The highest BCUT2D eigenvalue weighted by atomic mass is 16.4. The van der Waals surface area contributed by atoms with E-state index in [1.807, 2.05) is 91.0 Å². The Morgan fingerprint density at radius 3 is 1.61 bits per heavy atom. The number of carboxylic acids is 1. The van der Waals surface area contributed by atoms with Crippen molar-refractivity contribution >= 4 is 11.9 Å². The predicted octanol–water partition coefficient (Wildman–Crippen LogP) is 3.07. The summed E-state index contributed by atoms with van der Waals surface area (Å²) in [6, 6.07) is 28.9. The van der Waals surface area contributed by atoms with Gasteiger partial charge in [-0.1, -0.05) is 91.0 Å². The van der Waals surface area contributed by atoms with Gasteiger partial charge in [0.05, 0.1) is 5.54 Å². The summed E-state index contributed by atoms with van der Waals surface area (Å²) in [4.78, 5) is 16.2. The average Bonchev–Trinajstić information content (AvgIpc) is 2.80. The maximum absolute atomic E-state index is 12.3.